The van der Waals surface area contributed by atoms with E-state index < -0.39 is 10.9 Å². The molecule has 0 radical (unpaired) electrons. The van der Waals surface area contributed by atoms with Gasteiger partial charge >= 0.3 is 5.97 Å². The molecule has 0 atom stereocenters. The van der Waals surface area contributed by atoms with E-state index in [4.69, 9.17) is 4.74 Å². The van der Waals surface area contributed by atoms with Gasteiger partial charge in [0.15, 0.2) is 0 Å². The number of fused-ring (bicyclic) bond motifs is 1. The number of hydrogen-bond donors (Lipinski definition) is 0. The van der Waals surface area contributed by atoms with Crippen LogP contribution in [0.4, 0.5) is 11.4 Å². The van der Waals surface area contributed by atoms with E-state index in [0.717, 1.165) is 41.2 Å². The molecule has 0 unspecified atom stereocenters. The van der Waals surface area contributed by atoms with Gasteiger partial charge in [-0.3, -0.25) is 10.1 Å². The summed E-state index contributed by atoms with van der Waals surface area (Å²) in [4.78, 5) is 25.9. The summed E-state index contributed by atoms with van der Waals surface area (Å²) >= 11 is 3.43. The molecule has 1 fully saturated rings. The van der Waals surface area contributed by atoms with Gasteiger partial charge in [-0.25, -0.2) is 4.79 Å². The summed E-state index contributed by atoms with van der Waals surface area (Å²) in [5.41, 5.74) is 0.647. The average molecular weight is 469 g/mol. The monoisotopic (exact) mass is 468 g/mol. The summed E-state index contributed by atoms with van der Waals surface area (Å²) in [6.45, 7) is 3.74. The highest BCUT2D eigenvalue weighted by Crippen LogP contribution is 2.33. The zero-order valence-corrected chi connectivity index (χ0v) is 18.1. The summed E-state index contributed by atoms with van der Waals surface area (Å²) in [5.74, 6) is 0.401. The number of anilines is 1. The van der Waals surface area contributed by atoms with Gasteiger partial charge in [0, 0.05) is 23.6 Å². The highest BCUT2D eigenvalue weighted by atomic mass is 79.9. The van der Waals surface area contributed by atoms with Crippen LogP contribution >= 0.6 is 15.9 Å². The van der Waals surface area contributed by atoms with Gasteiger partial charge in [0.2, 0.25) is 0 Å². The molecular formula is C23H21BrN2O4. The van der Waals surface area contributed by atoms with Crippen LogP contribution in [0.3, 0.4) is 0 Å². The van der Waals surface area contributed by atoms with E-state index in [-0.39, 0.29) is 11.3 Å². The maximum Gasteiger partial charge on any atom is 0.343 e. The second kappa shape index (κ2) is 8.44. The molecule has 1 aliphatic heterocycles. The molecule has 1 heterocycles. The Labute approximate surface area is 182 Å². The minimum absolute atomic E-state index is 0.0673. The molecule has 1 aliphatic rings. The number of nitro benzene ring substituents is 1. The van der Waals surface area contributed by atoms with Crippen LogP contribution in [0, 0.1) is 16.0 Å². The SMILES string of the molecule is CC1CCN(c2ccc(C(=O)Oc3ccc4cc(Br)ccc4c3)cc2[N+](=O)[O-])CC1. The first-order valence-electron chi connectivity index (χ1n) is 9.85. The van der Waals surface area contributed by atoms with Gasteiger partial charge in [-0.2, -0.15) is 0 Å². The van der Waals surface area contributed by atoms with Crippen LogP contribution in [0.5, 0.6) is 5.75 Å². The normalized spacial score (nSPS) is 14.7. The number of carbonyl (C=O) groups is 1. The number of carbonyl (C=O) groups excluding carboxylic acids is 1. The molecule has 3 aromatic carbocycles. The number of rotatable bonds is 4. The van der Waals surface area contributed by atoms with E-state index >= 15 is 0 Å². The number of benzene rings is 3. The van der Waals surface area contributed by atoms with Crippen LogP contribution in [0.15, 0.2) is 59.1 Å². The lowest BCUT2D eigenvalue weighted by atomic mass is 9.98. The number of halogens is 1. The largest absolute Gasteiger partial charge is 0.423 e. The van der Waals surface area contributed by atoms with Gasteiger partial charge in [0.25, 0.3) is 5.69 Å². The van der Waals surface area contributed by atoms with Crippen LogP contribution in [0.25, 0.3) is 10.8 Å². The second-order valence-electron chi connectivity index (χ2n) is 7.67. The number of ether oxygens (including phenoxy) is 1. The van der Waals surface area contributed by atoms with Crippen molar-refractivity contribution in [3.05, 3.63) is 74.7 Å². The number of piperidine rings is 1. The average Bonchev–Trinajstić information content (AvgIpc) is 2.74. The van der Waals surface area contributed by atoms with Crippen LogP contribution in [-0.4, -0.2) is 24.0 Å². The highest BCUT2D eigenvalue weighted by molar-refractivity contribution is 9.10. The fraction of sp³-hybridized carbons (Fsp3) is 0.261. The van der Waals surface area contributed by atoms with Crippen molar-refractivity contribution in [1.82, 2.24) is 0 Å². The Balaban J connectivity index is 1.57. The lowest BCUT2D eigenvalue weighted by molar-refractivity contribution is -0.384. The third kappa shape index (κ3) is 4.31. The van der Waals surface area contributed by atoms with Gasteiger partial charge in [-0.05, 0) is 65.9 Å². The molecule has 0 amide bonds. The van der Waals surface area contributed by atoms with Crippen molar-refractivity contribution in [3.63, 3.8) is 0 Å². The number of esters is 1. The zero-order valence-electron chi connectivity index (χ0n) is 16.5. The first kappa shape index (κ1) is 20.3. The molecule has 0 spiro atoms. The number of nitrogens with zero attached hydrogens (tertiary/aromatic N) is 2. The van der Waals surface area contributed by atoms with E-state index in [1.807, 2.05) is 29.2 Å². The molecule has 7 heteroatoms. The van der Waals surface area contributed by atoms with Crippen LogP contribution < -0.4 is 9.64 Å². The summed E-state index contributed by atoms with van der Waals surface area (Å²) in [7, 11) is 0. The maximum absolute atomic E-state index is 12.6. The van der Waals surface area contributed by atoms with Crippen LogP contribution in [0.1, 0.15) is 30.1 Å². The quantitative estimate of drug-likeness (QED) is 0.204. The topological polar surface area (TPSA) is 72.7 Å². The Morgan fingerprint density at radius 2 is 1.77 bits per heavy atom. The fourth-order valence-corrected chi connectivity index (χ4v) is 4.12. The summed E-state index contributed by atoms with van der Waals surface area (Å²) in [6, 6.07) is 15.7. The molecule has 0 saturated carbocycles. The first-order valence-corrected chi connectivity index (χ1v) is 10.6. The van der Waals surface area contributed by atoms with E-state index in [1.165, 1.54) is 6.07 Å². The summed E-state index contributed by atoms with van der Waals surface area (Å²) in [6.07, 6.45) is 2.00. The minimum Gasteiger partial charge on any atom is -0.423 e. The summed E-state index contributed by atoms with van der Waals surface area (Å²) < 4.78 is 6.45. The van der Waals surface area contributed by atoms with Gasteiger partial charge < -0.3 is 9.64 Å². The Bertz CT molecular complexity index is 1120. The third-order valence-electron chi connectivity index (χ3n) is 5.52. The molecule has 0 bridgehead atoms. The van der Waals surface area contributed by atoms with Crippen molar-refractivity contribution in [2.45, 2.75) is 19.8 Å². The molecule has 154 valence electrons. The van der Waals surface area contributed by atoms with Crippen molar-refractivity contribution in [3.8, 4) is 5.75 Å². The molecule has 1 saturated heterocycles. The van der Waals surface area contributed by atoms with Gasteiger partial charge in [0.1, 0.15) is 11.4 Å². The maximum atomic E-state index is 12.6. The molecule has 4 rings (SSSR count). The third-order valence-corrected chi connectivity index (χ3v) is 6.01. The Hall–Kier alpha value is -2.93. The Morgan fingerprint density at radius 3 is 2.50 bits per heavy atom. The molecular weight excluding hydrogens is 448 g/mol. The number of nitro groups is 1. The van der Waals surface area contributed by atoms with Crippen LogP contribution in [-0.2, 0) is 0 Å². The van der Waals surface area contributed by atoms with E-state index in [2.05, 4.69) is 22.9 Å². The molecule has 0 aromatic heterocycles. The lowest BCUT2D eigenvalue weighted by Gasteiger charge is -2.31. The van der Waals surface area contributed by atoms with E-state index in [0.29, 0.717) is 17.4 Å². The van der Waals surface area contributed by atoms with E-state index in [1.54, 1.807) is 24.3 Å². The minimum atomic E-state index is -0.617. The standard InChI is InChI=1S/C23H21BrN2O4/c1-15-8-10-25(11-9-15)21-7-4-18(14-22(21)26(28)29)23(27)30-20-6-3-16-12-19(24)5-2-17(16)13-20/h2-7,12-15H,8-11H2,1H3. The highest BCUT2D eigenvalue weighted by Gasteiger charge is 2.25. The van der Waals surface area contributed by atoms with Gasteiger partial charge in [-0.1, -0.05) is 35.0 Å². The number of hydrogen-bond acceptors (Lipinski definition) is 5. The smallest absolute Gasteiger partial charge is 0.343 e. The zero-order chi connectivity index (χ0) is 21.3. The lowest BCUT2D eigenvalue weighted by Crippen LogP contribution is -2.33. The van der Waals surface area contributed by atoms with Crippen molar-refractivity contribution >= 4 is 44.0 Å². The van der Waals surface area contributed by atoms with Crippen LogP contribution in [0.2, 0.25) is 0 Å². The van der Waals surface area contributed by atoms with Crippen molar-refractivity contribution in [1.29, 1.82) is 0 Å². The first-order chi connectivity index (χ1) is 14.4. The molecule has 0 aliphatic carbocycles. The molecule has 3 aromatic rings. The van der Waals surface area contributed by atoms with Gasteiger partial charge in [0.05, 0.1) is 10.5 Å². The van der Waals surface area contributed by atoms with E-state index in [9.17, 15) is 14.9 Å². The Morgan fingerprint density at radius 1 is 1.07 bits per heavy atom. The second-order valence-corrected chi connectivity index (χ2v) is 8.59. The summed E-state index contributed by atoms with van der Waals surface area (Å²) in [5, 5.41) is 13.6. The Kier molecular flexibility index (Phi) is 5.72. The van der Waals surface area contributed by atoms with Crippen molar-refractivity contribution in [2.24, 2.45) is 5.92 Å². The molecule has 30 heavy (non-hydrogen) atoms. The predicted octanol–water partition coefficient (Wildman–Crippen LogP) is 5.97. The van der Waals surface area contributed by atoms with Crippen molar-refractivity contribution in [2.75, 3.05) is 18.0 Å². The predicted molar refractivity (Wildman–Crippen MR) is 120 cm³/mol. The molecule has 6 nitrogen and oxygen atoms in total. The van der Waals surface area contributed by atoms with Crippen molar-refractivity contribution < 1.29 is 14.5 Å². The van der Waals surface area contributed by atoms with Gasteiger partial charge in [-0.15, -0.1) is 0 Å². The molecule has 0 N–H and O–H groups in total. The fourth-order valence-electron chi connectivity index (χ4n) is 3.74.